The van der Waals surface area contributed by atoms with Crippen LogP contribution in [0.4, 0.5) is 0 Å². The summed E-state index contributed by atoms with van der Waals surface area (Å²) in [5, 5.41) is 3.11. The molecule has 5 heteroatoms. The highest BCUT2D eigenvalue weighted by atomic mass is 31.2. The Hall–Kier alpha value is 0.110. The number of hydrogen-bond acceptors (Lipinski definition) is 2. The smallest absolute Gasteiger partial charge is 0.324 e. The van der Waals surface area contributed by atoms with Crippen LogP contribution < -0.4 is 5.32 Å². The van der Waals surface area contributed by atoms with Gasteiger partial charge in [-0.3, -0.25) is 4.57 Å². The molecular weight excluding hydrogens is 201 g/mol. The lowest BCUT2D eigenvalue weighted by atomic mass is 10.1. The van der Waals surface area contributed by atoms with Gasteiger partial charge in [-0.25, -0.2) is 0 Å². The first-order chi connectivity index (χ1) is 6.45. The molecule has 0 aromatic heterocycles. The van der Waals surface area contributed by atoms with Gasteiger partial charge in [0.25, 0.3) is 0 Å². The number of unbranched alkanes of at least 4 members (excludes halogenated alkanes) is 2. The van der Waals surface area contributed by atoms with Crippen LogP contribution in [0.25, 0.3) is 0 Å². The van der Waals surface area contributed by atoms with Crippen molar-refractivity contribution in [3.8, 4) is 0 Å². The highest BCUT2D eigenvalue weighted by molar-refractivity contribution is 7.51. The fourth-order valence-electron chi connectivity index (χ4n) is 1.26. The van der Waals surface area contributed by atoms with Crippen molar-refractivity contribution in [3.63, 3.8) is 0 Å². The lowest BCUT2D eigenvalue weighted by Gasteiger charge is -2.13. The minimum atomic E-state index is -3.82. The van der Waals surface area contributed by atoms with Crippen molar-refractivity contribution >= 4 is 7.60 Å². The van der Waals surface area contributed by atoms with E-state index in [1.165, 1.54) is 19.3 Å². The van der Waals surface area contributed by atoms with Gasteiger partial charge in [-0.2, -0.15) is 0 Å². The molecule has 0 fully saturated rings. The van der Waals surface area contributed by atoms with Gasteiger partial charge in [-0.15, -0.1) is 0 Å². The summed E-state index contributed by atoms with van der Waals surface area (Å²) in [4.78, 5) is 17.2. The summed E-state index contributed by atoms with van der Waals surface area (Å²) in [5.41, 5.74) is 0. The largest absolute Gasteiger partial charge is 0.326 e. The number of rotatable bonds is 8. The number of nitrogens with one attached hydrogen (secondary N) is 1. The van der Waals surface area contributed by atoms with Crippen molar-refractivity contribution < 1.29 is 14.4 Å². The molecule has 86 valence electrons. The van der Waals surface area contributed by atoms with Crippen molar-refractivity contribution in [2.75, 3.05) is 12.7 Å². The van der Waals surface area contributed by atoms with Crippen LogP contribution in [0.15, 0.2) is 0 Å². The molecule has 14 heavy (non-hydrogen) atoms. The minimum Gasteiger partial charge on any atom is -0.324 e. The van der Waals surface area contributed by atoms with E-state index >= 15 is 0 Å². The molecule has 1 atom stereocenters. The Balaban J connectivity index is 3.35. The summed E-state index contributed by atoms with van der Waals surface area (Å²) < 4.78 is 10.5. The van der Waals surface area contributed by atoms with Crippen LogP contribution in [0.3, 0.4) is 0 Å². The van der Waals surface area contributed by atoms with Crippen molar-refractivity contribution in [2.45, 2.75) is 45.6 Å². The van der Waals surface area contributed by atoms with Gasteiger partial charge in [0.2, 0.25) is 0 Å². The molecule has 0 aromatic carbocycles. The predicted octanol–water partition coefficient (Wildman–Crippen LogP) is 1.72. The normalized spacial score (nSPS) is 14.3. The Morgan fingerprint density at radius 1 is 1.36 bits per heavy atom. The lowest BCUT2D eigenvalue weighted by Crippen LogP contribution is -2.28. The summed E-state index contributed by atoms with van der Waals surface area (Å²) in [6, 6.07) is 0.355. The van der Waals surface area contributed by atoms with Gasteiger partial charge in [-0.05, 0) is 13.3 Å². The van der Waals surface area contributed by atoms with Crippen molar-refractivity contribution in [2.24, 2.45) is 0 Å². The Morgan fingerprint density at radius 2 is 2.00 bits per heavy atom. The molecule has 0 amide bonds. The second-order valence-corrected chi connectivity index (χ2v) is 5.52. The van der Waals surface area contributed by atoms with Gasteiger partial charge in [-0.1, -0.05) is 26.2 Å². The van der Waals surface area contributed by atoms with Crippen LogP contribution in [0.5, 0.6) is 0 Å². The average molecular weight is 223 g/mol. The Morgan fingerprint density at radius 3 is 2.50 bits per heavy atom. The molecule has 4 nitrogen and oxygen atoms in total. The zero-order valence-corrected chi connectivity index (χ0v) is 9.96. The predicted molar refractivity (Wildman–Crippen MR) is 58.5 cm³/mol. The van der Waals surface area contributed by atoms with E-state index in [0.717, 1.165) is 6.42 Å². The number of hydrogen-bond donors (Lipinski definition) is 3. The topological polar surface area (TPSA) is 69.6 Å². The molecule has 0 aliphatic carbocycles. The van der Waals surface area contributed by atoms with Crippen LogP contribution in [0.1, 0.15) is 39.5 Å². The van der Waals surface area contributed by atoms with E-state index in [0.29, 0.717) is 12.6 Å². The third-order valence-electron chi connectivity index (χ3n) is 2.14. The monoisotopic (exact) mass is 223 g/mol. The summed E-state index contributed by atoms with van der Waals surface area (Å²) in [5.74, 6) is 0. The molecular formula is C9H22NO3P. The van der Waals surface area contributed by atoms with Gasteiger partial charge < -0.3 is 15.1 Å². The zero-order chi connectivity index (χ0) is 11.0. The Kier molecular flexibility index (Phi) is 7.47. The molecule has 0 saturated heterocycles. The Labute approximate surface area is 86.3 Å². The minimum absolute atomic E-state index is 0.0644. The second kappa shape index (κ2) is 7.41. The molecule has 0 bridgehead atoms. The maximum Gasteiger partial charge on any atom is 0.326 e. The summed E-state index contributed by atoms with van der Waals surface area (Å²) in [7, 11) is -3.82. The lowest BCUT2D eigenvalue weighted by molar-refractivity contribution is 0.370. The van der Waals surface area contributed by atoms with E-state index < -0.39 is 7.60 Å². The fourth-order valence-corrected chi connectivity index (χ4v) is 1.68. The molecule has 0 saturated carbocycles. The standard InChI is InChI=1S/C9H22NO3P/c1-3-4-5-6-9(2)10-7-8-14(11,12)13/h9-10H,3-8H2,1-2H3,(H2,11,12,13). The van der Waals surface area contributed by atoms with E-state index in [4.69, 9.17) is 9.79 Å². The summed E-state index contributed by atoms with van der Waals surface area (Å²) in [6.07, 6.45) is 4.63. The molecule has 0 aliphatic rings. The van der Waals surface area contributed by atoms with Gasteiger partial charge in [0.05, 0.1) is 6.16 Å². The third-order valence-corrected chi connectivity index (χ3v) is 2.94. The van der Waals surface area contributed by atoms with E-state index in [1.54, 1.807) is 0 Å². The highest BCUT2D eigenvalue weighted by Gasteiger charge is 2.12. The third kappa shape index (κ3) is 10.2. The van der Waals surface area contributed by atoms with Crippen molar-refractivity contribution in [1.82, 2.24) is 5.32 Å². The fraction of sp³-hybridized carbons (Fsp3) is 1.00. The molecule has 0 aliphatic heterocycles. The maximum atomic E-state index is 10.5. The van der Waals surface area contributed by atoms with E-state index in [1.807, 2.05) is 0 Å². The van der Waals surface area contributed by atoms with Crippen LogP contribution in [0.2, 0.25) is 0 Å². The van der Waals surface area contributed by atoms with Crippen LogP contribution in [0, 0.1) is 0 Å². The molecule has 0 heterocycles. The van der Waals surface area contributed by atoms with E-state index in [2.05, 4.69) is 19.2 Å². The molecule has 3 N–H and O–H groups in total. The van der Waals surface area contributed by atoms with Gasteiger partial charge in [0.15, 0.2) is 0 Å². The van der Waals surface area contributed by atoms with Gasteiger partial charge in [0, 0.05) is 12.6 Å². The molecule has 0 radical (unpaired) electrons. The van der Waals surface area contributed by atoms with Crippen molar-refractivity contribution in [1.29, 1.82) is 0 Å². The first-order valence-electron chi connectivity index (χ1n) is 5.23. The van der Waals surface area contributed by atoms with Crippen LogP contribution in [-0.2, 0) is 4.57 Å². The van der Waals surface area contributed by atoms with Gasteiger partial charge >= 0.3 is 7.60 Å². The molecule has 0 rings (SSSR count). The van der Waals surface area contributed by atoms with Crippen LogP contribution in [-0.4, -0.2) is 28.5 Å². The van der Waals surface area contributed by atoms with Crippen LogP contribution >= 0.6 is 7.60 Å². The quantitative estimate of drug-likeness (QED) is 0.433. The first-order valence-corrected chi connectivity index (χ1v) is 7.03. The Bertz CT molecular complexity index is 181. The van der Waals surface area contributed by atoms with E-state index in [-0.39, 0.29) is 6.16 Å². The van der Waals surface area contributed by atoms with E-state index in [9.17, 15) is 4.57 Å². The SMILES string of the molecule is CCCCCC(C)NCCP(=O)(O)O. The summed E-state index contributed by atoms with van der Waals surface area (Å²) >= 11 is 0. The average Bonchev–Trinajstić information content (AvgIpc) is 2.02. The molecule has 0 aromatic rings. The maximum absolute atomic E-state index is 10.5. The zero-order valence-electron chi connectivity index (χ0n) is 9.07. The molecule has 1 unspecified atom stereocenters. The summed E-state index contributed by atoms with van der Waals surface area (Å²) in [6.45, 7) is 4.61. The highest BCUT2D eigenvalue weighted by Crippen LogP contribution is 2.32. The van der Waals surface area contributed by atoms with Gasteiger partial charge in [0.1, 0.15) is 0 Å². The first kappa shape index (κ1) is 14.1. The second-order valence-electron chi connectivity index (χ2n) is 3.74. The molecule has 0 spiro atoms. The van der Waals surface area contributed by atoms with Crippen molar-refractivity contribution in [3.05, 3.63) is 0 Å².